The van der Waals surface area contributed by atoms with Crippen LogP contribution in [0.2, 0.25) is 0 Å². The molecule has 0 saturated heterocycles. The number of aromatic nitrogens is 2. The first-order valence-electron chi connectivity index (χ1n) is 5.77. The van der Waals surface area contributed by atoms with E-state index in [1.807, 2.05) is 13.8 Å². The summed E-state index contributed by atoms with van der Waals surface area (Å²) < 4.78 is 5.43. The Labute approximate surface area is 94.6 Å². The number of carbonyl (C=O) groups is 1. The molecule has 0 bridgehead atoms. The van der Waals surface area contributed by atoms with E-state index in [0.29, 0.717) is 24.7 Å². The number of nitrogens with one attached hydrogen (secondary N) is 1. The lowest BCUT2D eigenvalue weighted by Gasteiger charge is -2.00. The maximum Gasteiger partial charge on any atom is 0.223 e. The Morgan fingerprint density at radius 2 is 2.25 bits per heavy atom. The van der Waals surface area contributed by atoms with Gasteiger partial charge in [-0.3, -0.25) is 4.79 Å². The molecule has 0 radical (unpaired) electrons. The zero-order chi connectivity index (χ0) is 11.5. The van der Waals surface area contributed by atoms with Crippen LogP contribution in [0.25, 0.3) is 0 Å². The zero-order valence-electron chi connectivity index (χ0n) is 9.69. The maximum absolute atomic E-state index is 11.3. The minimum absolute atomic E-state index is 0.156. The fourth-order valence-corrected chi connectivity index (χ4v) is 1.38. The highest BCUT2D eigenvalue weighted by atomic mass is 16.4. The Balaban J connectivity index is 1.73. The smallest absolute Gasteiger partial charge is 0.223 e. The third-order valence-electron chi connectivity index (χ3n) is 2.56. The second kappa shape index (κ2) is 4.63. The van der Waals surface area contributed by atoms with Gasteiger partial charge in [0, 0.05) is 24.8 Å². The van der Waals surface area contributed by atoms with Crippen molar-refractivity contribution in [1.29, 1.82) is 0 Å². The fourth-order valence-electron chi connectivity index (χ4n) is 1.38. The van der Waals surface area contributed by atoms with Crippen molar-refractivity contribution in [2.75, 3.05) is 6.54 Å². The summed E-state index contributed by atoms with van der Waals surface area (Å²) in [5.41, 5.74) is 0. The van der Waals surface area contributed by atoms with Crippen molar-refractivity contribution < 1.29 is 9.21 Å². The topological polar surface area (TPSA) is 68.0 Å². The zero-order valence-corrected chi connectivity index (χ0v) is 9.69. The van der Waals surface area contributed by atoms with Gasteiger partial charge in [0.1, 0.15) is 0 Å². The highest BCUT2D eigenvalue weighted by Crippen LogP contribution is 2.28. The Hall–Kier alpha value is -1.39. The Morgan fingerprint density at radius 3 is 2.81 bits per heavy atom. The Kier molecular flexibility index (Phi) is 3.22. The molecule has 1 heterocycles. The van der Waals surface area contributed by atoms with Crippen LogP contribution >= 0.6 is 0 Å². The molecule has 0 spiro atoms. The van der Waals surface area contributed by atoms with Crippen LogP contribution in [0.15, 0.2) is 4.42 Å². The minimum Gasteiger partial charge on any atom is -0.425 e. The quantitative estimate of drug-likeness (QED) is 0.816. The van der Waals surface area contributed by atoms with E-state index in [1.54, 1.807) is 0 Å². The van der Waals surface area contributed by atoms with Crippen LogP contribution < -0.4 is 5.32 Å². The van der Waals surface area contributed by atoms with Gasteiger partial charge in [-0.1, -0.05) is 13.8 Å². The molecule has 16 heavy (non-hydrogen) atoms. The van der Waals surface area contributed by atoms with Crippen molar-refractivity contribution in [3.05, 3.63) is 11.8 Å². The van der Waals surface area contributed by atoms with Gasteiger partial charge in [-0.25, -0.2) is 0 Å². The number of carbonyl (C=O) groups excluding carboxylic acids is 1. The molecule has 5 nitrogen and oxygen atoms in total. The number of rotatable bonds is 5. The van der Waals surface area contributed by atoms with Gasteiger partial charge in [0.05, 0.1) is 0 Å². The first-order chi connectivity index (χ1) is 7.66. The summed E-state index contributed by atoms with van der Waals surface area (Å²) in [5, 5.41) is 10.7. The van der Waals surface area contributed by atoms with Crippen molar-refractivity contribution in [3.8, 4) is 0 Å². The molecule has 1 aromatic rings. The summed E-state index contributed by atoms with van der Waals surface area (Å²) in [6.07, 6.45) is 2.67. The van der Waals surface area contributed by atoms with Crippen molar-refractivity contribution in [2.24, 2.45) is 5.92 Å². The van der Waals surface area contributed by atoms with Gasteiger partial charge in [-0.05, 0) is 12.8 Å². The lowest BCUT2D eigenvalue weighted by atomic mass is 10.2. The van der Waals surface area contributed by atoms with Crippen LogP contribution in [0.4, 0.5) is 0 Å². The molecule has 0 atom stereocenters. The summed E-state index contributed by atoms with van der Waals surface area (Å²) >= 11 is 0. The molecule has 1 amide bonds. The predicted octanol–water partition coefficient (Wildman–Crippen LogP) is 1.26. The molecule has 1 N–H and O–H groups in total. The largest absolute Gasteiger partial charge is 0.425 e. The van der Waals surface area contributed by atoms with Crippen molar-refractivity contribution in [1.82, 2.24) is 15.5 Å². The van der Waals surface area contributed by atoms with Gasteiger partial charge in [-0.2, -0.15) is 0 Å². The molecule has 88 valence electrons. The van der Waals surface area contributed by atoms with Gasteiger partial charge in [0.15, 0.2) is 0 Å². The predicted molar refractivity (Wildman–Crippen MR) is 57.8 cm³/mol. The van der Waals surface area contributed by atoms with Gasteiger partial charge in [0.2, 0.25) is 17.7 Å². The average Bonchev–Trinajstić information content (AvgIpc) is 2.98. The van der Waals surface area contributed by atoms with E-state index in [-0.39, 0.29) is 17.7 Å². The van der Waals surface area contributed by atoms with E-state index in [4.69, 9.17) is 4.42 Å². The highest BCUT2D eigenvalue weighted by molar-refractivity contribution is 5.80. The number of hydrogen-bond donors (Lipinski definition) is 1. The molecule has 1 aliphatic carbocycles. The number of hydrogen-bond acceptors (Lipinski definition) is 4. The molecule has 0 aliphatic heterocycles. The van der Waals surface area contributed by atoms with Gasteiger partial charge < -0.3 is 9.73 Å². The standard InChI is InChI=1S/C11H17N3O2/c1-7(2)11-14-13-9(16-11)5-6-12-10(15)8-3-4-8/h7-8H,3-6H2,1-2H3,(H,12,15). The normalized spacial score (nSPS) is 15.4. The van der Waals surface area contributed by atoms with E-state index in [9.17, 15) is 4.79 Å². The first-order valence-corrected chi connectivity index (χ1v) is 5.77. The molecule has 1 saturated carbocycles. The van der Waals surface area contributed by atoms with Crippen LogP contribution in [0.1, 0.15) is 44.4 Å². The Bertz CT molecular complexity index is 369. The van der Waals surface area contributed by atoms with Crippen LogP contribution in [-0.2, 0) is 11.2 Å². The lowest BCUT2D eigenvalue weighted by Crippen LogP contribution is -2.26. The SMILES string of the molecule is CC(C)c1nnc(CCNC(=O)C2CC2)o1. The summed E-state index contributed by atoms with van der Waals surface area (Å²) in [7, 11) is 0. The molecular formula is C11H17N3O2. The van der Waals surface area contributed by atoms with Gasteiger partial charge >= 0.3 is 0 Å². The lowest BCUT2D eigenvalue weighted by molar-refractivity contribution is -0.122. The van der Waals surface area contributed by atoms with Gasteiger partial charge in [-0.15, -0.1) is 10.2 Å². The van der Waals surface area contributed by atoms with E-state index in [2.05, 4.69) is 15.5 Å². The second-order valence-corrected chi connectivity index (χ2v) is 4.50. The molecule has 2 rings (SSSR count). The van der Waals surface area contributed by atoms with Crippen LogP contribution in [0.5, 0.6) is 0 Å². The van der Waals surface area contributed by atoms with Crippen molar-refractivity contribution in [2.45, 2.75) is 39.0 Å². The monoisotopic (exact) mass is 223 g/mol. The van der Waals surface area contributed by atoms with Crippen LogP contribution in [0.3, 0.4) is 0 Å². The van der Waals surface area contributed by atoms with E-state index in [1.165, 1.54) is 0 Å². The molecular weight excluding hydrogens is 206 g/mol. The first kappa shape index (κ1) is 11.1. The minimum atomic E-state index is 0.156. The molecule has 1 aromatic heterocycles. The van der Waals surface area contributed by atoms with E-state index >= 15 is 0 Å². The molecule has 1 aliphatic rings. The second-order valence-electron chi connectivity index (χ2n) is 4.50. The fraction of sp³-hybridized carbons (Fsp3) is 0.727. The van der Waals surface area contributed by atoms with E-state index in [0.717, 1.165) is 12.8 Å². The molecule has 1 fully saturated rings. The summed E-state index contributed by atoms with van der Waals surface area (Å²) in [6.45, 7) is 4.59. The van der Waals surface area contributed by atoms with Crippen LogP contribution in [0, 0.1) is 5.92 Å². The van der Waals surface area contributed by atoms with Crippen LogP contribution in [-0.4, -0.2) is 22.6 Å². The summed E-state index contributed by atoms with van der Waals surface area (Å²) in [6, 6.07) is 0. The summed E-state index contributed by atoms with van der Waals surface area (Å²) in [4.78, 5) is 11.3. The average molecular weight is 223 g/mol. The number of nitrogens with zero attached hydrogens (tertiary/aromatic N) is 2. The van der Waals surface area contributed by atoms with E-state index < -0.39 is 0 Å². The van der Waals surface area contributed by atoms with Gasteiger partial charge in [0.25, 0.3) is 0 Å². The van der Waals surface area contributed by atoms with Crippen molar-refractivity contribution >= 4 is 5.91 Å². The molecule has 0 aromatic carbocycles. The van der Waals surface area contributed by atoms with Crippen molar-refractivity contribution in [3.63, 3.8) is 0 Å². The molecule has 5 heteroatoms. The summed E-state index contributed by atoms with van der Waals surface area (Å²) in [5.74, 6) is 1.92. The Morgan fingerprint density at radius 1 is 1.50 bits per heavy atom. The number of amides is 1. The third-order valence-corrected chi connectivity index (χ3v) is 2.56. The third kappa shape index (κ3) is 2.81. The maximum atomic E-state index is 11.3. The highest BCUT2D eigenvalue weighted by Gasteiger charge is 2.29. The molecule has 0 unspecified atom stereocenters.